The van der Waals surface area contributed by atoms with Crippen molar-refractivity contribution in [3.05, 3.63) is 11.2 Å². The van der Waals surface area contributed by atoms with Crippen LogP contribution in [-0.4, -0.2) is 17.0 Å². The van der Waals surface area contributed by atoms with Gasteiger partial charge in [-0.05, 0) is 0 Å². The predicted octanol–water partition coefficient (Wildman–Crippen LogP) is -0.300. The molecular weight excluding hydrogens is 182 g/mol. The van der Waals surface area contributed by atoms with E-state index in [0.717, 1.165) is 11.3 Å². The van der Waals surface area contributed by atoms with Gasteiger partial charge >= 0.3 is 6.09 Å². The molecule has 0 saturated heterocycles. The van der Waals surface area contributed by atoms with Crippen LogP contribution in [-0.2, 0) is 0 Å². The minimum Gasteiger partial charge on any atom is -0.397 e. The fourth-order valence-electron chi connectivity index (χ4n) is 0.563. The van der Waals surface area contributed by atoms with Crippen LogP contribution in [0.15, 0.2) is 5.51 Å². The first-order valence-corrected chi connectivity index (χ1v) is 3.70. The van der Waals surface area contributed by atoms with Crippen molar-refractivity contribution < 1.29 is 14.3 Å². The van der Waals surface area contributed by atoms with Gasteiger partial charge in [0.2, 0.25) is 5.06 Å². The van der Waals surface area contributed by atoms with Crippen molar-refractivity contribution >= 4 is 23.3 Å². The number of aromatic nitrogens is 1. The Morgan fingerprint density at radius 1 is 1.50 bits per heavy atom. The Balaban J connectivity index is 2.91. The summed E-state index contributed by atoms with van der Waals surface area (Å²) in [5.74, 6) is -0.757. The lowest BCUT2D eigenvalue weighted by Gasteiger charge is -1.96. The monoisotopic (exact) mass is 187 g/mol. The number of nitrogens with two attached hydrogens (primary N) is 2. The highest BCUT2D eigenvalue weighted by molar-refractivity contribution is 7.12. The lowest BCUT2D eigenvalue weighted by atomic mass is 10.5. The number of ether oxygens (including phenoxy) is 1. The molecule has 7 heteroatoms. The van der Waals surface area contributed by atoms with E-state index in [-0.39, 0.29) is 10.8 Å². The first-order chi connectivity index (χ1) is 5.61. The van der Waals surface area contributed by atoms with E-state index < -0.39 is 12.0 Å². The zero-order chi connectivity index (χ0) is 9.14. The Morgan fingerprint density at radius 2 is 2.17 bits per heavy atom. The fraction of sp³-hybridized carbons (Fsp3) is 0. The van der Waals surface area contributed by atoms with Crippen molar-refractivity contribution in [2.45, 2.75) is 0 Å². The Bertz CT molecular complexity index is 321. The topological polar surface area (TPSA) is 108 Å². The molecule has 0 bridgehead atoms. The second-order valence-corrected chi connectivity index (χ2v) is 2.59. The summed E-state index contributed by atoms with van der Waals surface area (Å²) in [6, 6.07) is 0. The van der Waals surface area contributed by atoms with Gasteiger partial charge in [-0.15, -0.1) is 0 Å². The zero-order valence-electron chi connectivity index (χ0n) is 5.81. The molecule has 0 radical (unpaired) electrons. The standard InChI is InChI=1S/C5H5N3O3S/c6-3(9)2-4(11-5(7)10)12-1-8-2/h1H,(H2,6,9)(H2,7,10). The summed E-state index contributed by atoms with van der Waals surface area (Å²) in [6.07, 6.45) is -0.998. The predicted molar refractivity (Wildman–Crippen MR) is 40.8 cm³/mol. The second kappa shape index (κ2) is 3.18. The Kier molecular flexibility index (Phi) is 2.24. The molecule has 0 fully saturated rings. The van der Waals surface area contributed by atoms with Gasteiger partial charge in [-0.2, -0.15) is 0 Å². The van der Waals surface area contributed by atoms with Crippen molar-refractivity contribution in [2.75, 3.05) is 0 Å². The summed E-state index contributed by atoms with van der Waals surface area (Å²) in [6.45, 7) is 0. The summed E-state index contributed by atoms with van der Waals surface area (Å²) in [4.78, 5) is 24.4. The van der Waals surface area contributed by atoms with E-state index in [1.165, 1.54) is 5.51 Å². The van der Waals surface area contributed by atoms with E-state index in [0.29, 0.717) is 0 Å². The van der Waals surface area contributed by atoms with Crippen LogP contribution < -0.4 is 16.2 Å². The van der Waals surface area contributed by atoms with Crippen LogP contribution in [0.4, 0.5) is 4.79 Å². The van der Waals surface area contributed by atoms with E-state index in [9.17, 15) is 9.59 Å². The molecule has 1 rings (SSSR count). The molecule has 0 aliphatic heterocycles. The third-order valence-corrected chi connectivity index (χ3v) is 1.66. The number of hydrogen-bond acceptors (Lipinski definition) is 5. The molecule has 0 saturated carbocycles. The van der Waals surface area contributed by atoms with E-state index in [2.05, 4.69) is 9.72 Å². The lowest BCUT2D eigenvalue weighted by Crippen LogP contribution is -2.19. The van der Waals surface area contributed by atoms with Gasteiger partial charge in [0.1, 0.15) is 0 Å². The molecule has 0 unspecified atom stereocenters. The third-order valence-electron chi connectivity index (χ3n) is 0.962. The SMILES string of the molecule is NC(=O)Oc1scnc1C(N)=O. The molecule has 0 spiro atoms. The van der Waals surface area contributed by atoms with Gasteiger partial charge in [0.05, 0.1) is 5.51 Å². The molecule has 0 aliphatic carbocycles. The average molecular weight is 187 g/mol. The summed E-state index contributed by atoms with van der Waals surface area (Å²) >= 11 is 0.971. The Morgan fingerprint density at radius 3 is 2.67 bits per heavy atom. The molecule has 0 aliphatic rings. The second-order valence-electron chi connectivity index (χ2n) is 1.77. The van der Waals surface area contributed by atoms with Gasteiger partial charge in [-0.1, -0.05) is 11.3 Å². The molecule has 64 valence electrons. The minimum atomic E-state index is -0.998. The van der Waals surface area contributed by atoms with Crippen LogP contribution in [0.25, 0.3) is 0 Å². The number of carbonyl (C=O) groups excluding carboxylic acids is 2. The Hall–Kier alpha value is -1.63. The van der Waals surface area contributed by atoms with Gasteiger partial charge in [-0.3, -0.25) is 4.79 Å². The highest BCUT2D eigenvalue weighted by atomic mass is 32.1. The number of amides is 2. The molecule has 0 aromatic carbocycles. The van der Waals surface area contributed by atoms with E-state index in [4.69, 9.17) is 11.5 Å². The molecule has 0 atom stereocenters. The third kappa shape index (κ3) is 1.70. The highest BCUT2D eigenvalue weighted by Gasteiger charge is 2.14. The van der Waals surface area contributed by atoms with Crippen molar-refractivity contribution in [3.8, 4) is 5.06 Å². The van der Waals surface area contributed by atoms with Gasteiger partial charge < -0.3 is 16.2 Å². The zero-order valence-corrected chi connectivity index (χ0v) is 6.63. The lowest BCUT2D eigenvalue weighted by molar-refractivity contribution is 0.0994. The van der Waals surface area contributed by atoms with Gasteiger partial charge in [0.25, 0.3) is 5.91 Å². The van der Waals surface area contributed by atoms with Crippen LogP contribution in [0.2, 0.25) is 0 Å². The number of primary amides is 2. The van der Waals surface area contributed by atoms with Crippen LogP contribution in [0.5, 0.6) is 5.06 Å². The largest absolute Gasteiger partial charge is 0.410 e. The molecule has 4 N–H and O–H groups in total. The molecule has 2 amide bonds. The van der Waals surface area contributed by atoms with Crippen LogP contribution >= 0.6 is 11.3 Å². The molecule has 1 aromatic rings. The van der Waals surface area contributed by atoms with E-state index in [1.54, 1.807) is 0 Å². The minimum absolute atomic E-state index is 0.0231. The maximum Gasteiger partial charge on any atom is 0.410 e. The number of hydrogen-bond donors (Lipinski definition) is 2. The average Bonchev–Trinajstić information content (AvgIpc) is 2.33. The summed E-state index contributed by atoms with van der Waals surface area (Å²) in [7, 11) is 0. The smallest absolute Gasteiger partial charge is 0.397 e. The number of carbonyl (C=O) groups is 2. The number of rotatable bonds is 2. The molecule has 1 heterocycles. The van der Waals surface area contributed by atoms with Crippen molar-refractivity contribution in [1.82, 2.24) is 4.98 Å². The van der Waals surface area contributed by atoms with Crippen molar-refractivity contribution in [1.29, 1.82) is 0 Å². The molecular formula is C5H5N3O3S. The summed E-state index contributed by atoms with van der Waals surface area (Å²) < 4.78 is 4.44. The highest BCUT2D eigenvalue weighted by Crippen LogP contribution is 2.22. The van der Waals surface area contributed by atoms with Gasteiger partial charge in [0, 0.05) is 0 Å². The van der Waals surface area contributed by atoms with Crippen LogP contribution in [0.3, 0.4) is 0 Å². The fourth-order valence-corrected chi connectivity index (χ4v) is 1.21. The van der Waals surface area contributed by atoms with Gasteiger partial charge in [0.15, 0.2) is 5.69 Å². The molecule has 6 nitrogen and oxygen atoms in total. The normalized spacial score (nSPS) is 9.33. The van der Waals surface area contributed by atoms with Crippen LogP contribution in [0.1, 0.15) is 10.5 Å². The first-order valence-electron chi connectivity index (χ1n) is 2.82. The molecule has 1 aromatic heterocycles. The Labute approximate surface area is 71.1 Å². The van der Waals surface area contributed by atoms with Crippen molar-refractivity contribution in [3.63, 3.8) is 0 Å². The van der Waals surface area contributed by atoms with Crippen LogP contribution in [0, 0.1) is 0 Å². The summed E-state index contributed by atoms with van der Waals surface area (Å²) in [5.41, 5.74) is 10.9. The van der Waals surface area contributed by atoms with E-state index >= 15 is 0 Å². The number of nitrogens with zero attached hydrogens (tertiary/aromatic N) is 1. The van der Waals surface area contributed by atoms with Gasteiger partial charge in [-0.25, -0.2) is 9.78 Å². The first kappa shape index (κ1) is 8.47. The van der Waals surface area contributed by atoms with E-state index in [1.807, 2.05) is 0 Å². The molecule has 12 heavy (non-hydrogen) atoms. The maximum absolute atomic E-state index is 10.6. The quantitative estimate of drug-likeness (QED) is 0.662. The maximum atomic E-state index is 10.6. The summed E-state index contributed by atoms with van der Waals surface area (Å²) in [5, 5.41) is 0.0231. The number of thiazole rings is 1. The van der Waals surface area contributed by atoms with Crippen molar-refractivity contribution in [2.24, 2.45) is 11.5 Å².